The van der Waals surface area contributed by atoms with Gasteiger partial charge in [0, 0.05) is 80.4 Å². The van der Waals surface area contributed by atoms with Gasteiger partial charge in [-0.3, -0.25) is 43.8 Å². The smallest absolute Gasteiger partial charge is 0.264 e. The second-order valence-electron chi connectivity index (χ2n) is 17.8. The van der Waals surface area contributed by atoms with Gasteiger partial charge < -0.3 is 9.80 Å². The number of nitrogens with one attached hydrogen (secondary N) is 1. The molecule has 4 aromatic rings. The van der Waals surface area contributed by atoms with E-state index in [1.807, 2.05) is 16.8 Å². The molecule has 0 spiro atoms. The monoisotopic (exact) mass is 878 g/mol. The number of hydrogen-bond donors (Lipinski definition) is 1. The first-order valence-electron chi connectivity index (χ1n) is 22.4. The fourth-order valence-corrected chi connectivity index (χ4v) is 10.4. The van der Waals surface area contributed by atoms with Crippen molar-refractivity contribution < 1.29 is 24.0 Å². The summed E-state index contributed by atoms with van der Waals surface area (Å²) in [7, 11) is 0. The van der Waals surface area contributed by atoms with Gasteiger partial charge in [0.15, 0.2) is 0 Å². The molecule has 1 N–H and O–H groups in total. The Balaban J connectivity index is 0.720. The zero-order chi connectivity index (χ0) is 44.6. The number of piperidine rings is 2. The molecule has 328 valence electrons. The lowest BCUT2D eigenvalue weighted by molar-refractivity contribution is -0.138. The van der Waals surface area contributed by atoms with Crippen molar-refractivity contribution in [3.05, 3.63) is 105 Å². The molecule has 64 heavy (non-hydrogen) atoms. The van der Waals surface area contributed by atoms with Gasteiger partial charge in [-0.25, -0.2) is 0 Å². The Morgan fingerprint density at radius 2 is 1.59 bits per heavy atom. The highest BCUT2D eigenvalue weighted by molar-refractivity contribution is 6.32. The molecule has 5 aliphatic rings. The lowest BCUT2D eigenvalue weighted by Gasteiger charge is -2.44. The van der Waals surface area contributed by atoms with E-state index in [1.54, 1.807) is 24.3 Å². The number of piperazine rings is 1. The molecule has 3 saturated heterocycles. The van der Waals surface area contributed by atoms with Crippen LogP contribution in [0.15, 0.2) is 60.7 Å². The third-order valence-electron chi connectivity index (χ3n) is 14.0. The summed E-state index contributed by atoms with van der Waals surface area (Å²) in [6.45, 7) is 9.25. The van der Waals surface area contributed by atoms with Crippen LogP contribution in [-0.2, 0) is 20.9 Å². The number of carbonyl (C=O) groups excluding carboxylic acids is 5. The molecule has 1 aromatic heterocycles. The number of aromatic nitrogens is 2. The summed E-state index contributed by atoms with van der Waals surface area (Å²) in [5, 5.41) is 16.8. The van der Waals surface area contributed by atoms with E-state index in [4.69, 9.17) is 16.7 Å². The Hall–Kier alpha value is -6.28. The molecule has 9 rings (SSSR count). The summed E-state index contributed by atoms with van der Waals surface area (Å²) in [5.74, 6) is 5.51. The maximum atomic E-state index is 13.7. The number of halogens is 1. The van der Waals surface area contributed by atoms with E-state index < -0.39 is 29.7 Å². The van der Waals surface area contributed by atoms with Gasteiger partial charge in [-0.2, -0.15) is 10.4 Å². The summed E-state index contributed by atoms with van der Waals surface area (Å²) in [5.41, 5.74) is 7.77. The molecular weight excluding hydrogens is 828 g/mol. The zero-order valence-electron chi connectivity index (χ0n) is 36.2. The van der Waals surface area contributed by atoms with Gasteiger partial charge >= 0.3 is 0 Å². The number of amides is 5. The molecule has 5 heterocycles. The number of hydrogen-bond acceptors (Lipinski definition) is 9. The highest BCUT2D eigenvalue weighted by Gasteiger charge is 2.46. The lowest BCUT2D eigenvalue weighted by Crippen LogP contribution is -2.55. The molecule has 4 aliphatic heterocycles. The Kier molecular flexibility index (Phi) is 12.1. The summed E-state index contributed by atoms with van der Waals surface area (Å²) < 4.78 is 2.00. The molecule has 5 amide bonds. The minimum atomic E-state index is -0.992. The van der Waals surface area contributed by atoms with Crippen molar-refractivity contribution in [2.45, 2.75) is 83.8 Å². The van der Waals surface area contributed by atoms with Gasteiger partial charge in [0.25, 0.3) is 11.8 Å². The van der Waals surface area contributed by atoms with Gasteiger partial charge in [0.05, 0.1) is 39.6 Å². The first-order chi connectivity index (χ1) is 31.0. The molecule has 1 unspecified atom stereocenters. The van der Waals surface area contributed by atoms with E-state index in [2.05, 4.69) is 76.0 Å². The third-order valence-corrected chi connectivity index (χ3v) is 14.4. The third kappa shape index (κ3) is 8.43. The standard InChI is InChI=1S/C50H51ClN8O5/c1-31-32(2)58(54-46(31)37-16-17-38(29-52)41(51)28-37)30-35-10-8-33(9-11-35)6-7-34-12-14-36(15-13-34)48(62)57-22-20-39(21-23-57)55-24-26-56(27-25-55)42-5-3-4-40-45(42)50(64)59(49(40)63)43-18-19-44(60)53-47(43)61/h3-5,8-11,16-17,28,34,36,39,43H,12-15,18-27,30H2,1-2H3,(H,53,60,61). The zero-order valence-corrected chi connectivity index (χ0v) is 37.0. The Labute approximate surface area is 378 Å². The van der Waals surface area contributed by atoms with Crippen LogP contribution in [0.4, 0.5) is 5.69 Å². The first kappa shape index (κ1) is 43.0. The number of anilines is 1. The molecular formula is C50H51ClN8O5. The van der Waals surface area contributed by atoms with Crippen molar-refractivity contribution in [2.75, 3.05) is 44.2 Å². The van der Waals surface area contributed by atoms with Crippen LogP contribution in [-0.4, -0.2) is 105 Å². The summed E-state index contributed by atoms with van der Waals surface area (Å²) in [6.07, 6.45) is 5.63. The molecule has 13 nitrogen and oxygen atoms in total. The Morgan fingerprint density at radius 3 is 2.28 bits per heavy atom. The van der Waals surface area contributed by atoms with E-state index >= 15 is 0 Å². The van der Waals surface area contributed by atoms with E-state index in [0.29, 0.717) is 53.1 Å². The second-order valence-corrected chi connectivity index (χ2v) is 18.2. The number of nitriles is 1. The van der Waals surface area contributed by atoms with Crippen molar-refractivity contribution in [1.82, 2.24) is 29.8 Å². The van der Waals surface area contributed by atoms with Crippen LogP contribution in [0.25, 0.3) is 11.3 Å². The topological polar surface area (TPSA) is 152 Å². The number of carbonyl (C=O) groups is 5. The molecule has 1 aliphatic carbocycles. The van der Waals surface area contributed by atoms with Crippen LogP contribution in [0.3, 0.4) is 0 Å². The van der Waals surface area contributed by atoms with Crippen LogP contribution in [0.1, 0.15) is 100 Å². The van der Waals surface area contributed by atoms with Crippen LogP contribution >= 0.6 is 11.6 Å². The van der Waals surface area contributed by atoms with Crippen molar-refractivity contribution in [3.63, 3.8) is 0 Å². The lowest BCUT2D eigenvalue weighted by atomic mass is 9.81. The number of fused-ring (bicyclic) bond motifs is 1. The maximum absolute atomic E-state index is 13.7. The molecule has 1 atom stereocenters. The number of nitrogens with zero attached hydrogens (tertiary/aromatic N) is 7. The van der Waals surface area contributed by atoms with Crippen LogP contribution in [0.2, 0.25) is 5.02 Å². The SMILES string of the molecule is Cc1c(-c2ccc(C#N)c(Cl)c2)nn(Cc2ccc(C#CC3CCC(C(=O)N4CCC(N5CCN(c6cccc7c6C(=O)N(C6CCC(=O)NC6=O)C7=O)CC5)CC4)CC3)cc2)c1C. The number of imide groups is 2. The van der Waals surface area contributed by atoms with Crippen molar-refractivity contribution in [3.8, 4) is 29.2 Å². The fourth-order valence-electron chi connectivity index (χ4n) is 10.2. The van der Waals surface area contributed by atoms with Gasteiger partial charge in [-0.1, -0.05) is 47.7 Å². The van der Waals surface area contributed by atoms with Crippen molar-refractivity contribution in [1.29, 1.82) is 5.26 Å². The van der Waals surface area contributed by atoms with Crippen LogP contribution in [0.5, 0.6) is 0 Å². The predicted octanol–water partition coefficient (Wildman–Crippen LogP) is 6.11. The average molecular weight is 879 g/mol. The normalized spacial score (nSPS) is 21.9. The van der Waals surface area contributed by atoms with E-state index in [9.17, 15) is 29.2 Å². The number of rotatable bonds is 7. The largest absolute Gasteiger partial charge is 0.368 e. The van der Waals surface area contributed by atoms with Crippen LogP contribution in [0, 0.1) is 48.9 Å². The molecule has 1 saturated carbocycles. The molecule has 0 bridgehead atoms. The van der Waals surface area contributed by atoms with Crippen molar-refractivity contribution in [2.24, 2.45) is 11.8 Å². The van der Waals surface area contributed by atoms with Gasteiger partial charge in [-0.15, -0.1) is 0 Å². The van der Waals surface area contributed by atoms with Gasteiger partial charge in [0.2, 0.25) is 17.7 Å². The Morgan fingerprint density at radius 1 is 0.859 bits per heavy atom. The number of benzene rings is 3. The second kappa shape index (κ2) is 18.1. The first-order valence-corrected chi connectivity index (χ1v) is 22.8. The van der Waals surface area contributed by atoms with Gasteiger partial charge in [-0.05, 0) is 106 Å². The highest BCUT2D eigenvalue weighted by atomic mass is 35.5. The minimum Gasteiger partial charge on any atom is -0.368 e. The Bertz CT molecular complexity index is 2630. The summed E-state index contributed by atoms with van der Waals surface area (Å²) >= 11 is 6.31. The molecule has 4 fully saturated rings. The predicted molar refractivity (Wildman–Crippen MR) is 241 cm³/mol. The molecule has 0 radical (unpaired) electrons. The fraction of sp³-hybridized carbons (Fsp3) is 0.420. The summed E-state index contributed by atoms with van der Waals surface area (Å²) in [4.78, 5) is 72.8. The van der Waals surface area contributed by atoms with E-state index in [-0.39, 0.29) is 30.6 Å². The van der Waals surface area contributed by atoms with Gasteiger partial charge in [0.1, 0.15) is 12.1 Å². The average Bonchev–Trinajstić information content (AvgIpc) is 3.74. The quantitative estimate of drug-likeness (QED) is 0.171. The number of likely N-dealkylation sites (tertiary alicyclic amines) is 1. The van der Waals surface area contributed by atoms with Crippen molar-refractivity contribution >= 4 is 46.8 Å². The molecule has 14 heteroatoms. The minimum absolute atomic E-state index is 0.0503. The maximum Gasteiger partial charge on any atom is 0.264 e. The van der Waals surface area contributed by atoms with E-state index in [0.717, 1.165) is 103 Å². The van der Waals surface area contributed by atoms with Crippen LogP contribution < -0.4 is 10.2 Å². The highest BCUT2D eigenvalue weighted by Crippen LogP contribution is 2.36. The molecule has 3 aromatic carbocycles. The van der Waals surface area contributed by atoms with E-state index in [1.165, 1.54) is 0 Å². The summed E-state index contributed by atoms with van der Waals surface area (Å²) in [6, 6.07) is 20.5.